The highest BCUT2D eigenvalue weighted by atomic mass is 16.5. The molecule has 0 aliphatic carbocycles. The summed E-state index contributed by atoms with van der Waals surface area (Å²) in [6.07, 6.45) is 0.827. The highest BCUT2D eigenvalue weighted by Gasteiger charge is 2.19. The summed E-state index contributed by atoms with van der Waals surface area (Å²) in [5, 5.41) is 19.9. The van der Waals surface area contributed by atoms with Gasteiger partial charge in [0.1, 0.15) is 11.8 Å². The van der Waals surface area contributed by atoms with Crippen LogP contribution in [0.2, 0.25) is 0 Å². The van der Waals surface area contributed by atoms with Crippen LogP contribution in [-0.2, 0) is 16.0 Å². The molecule has 110 valence electrons. The highest BCUT2D eigenvalue weighted by Crippen LogP contribution is 2.13. The number of carbonyl (C=O) groups excluding carboxylic acids is 1. The lowest BCUT2D eigenvalue weighted by atomic mass is 10.2. The van der Waals surface area contributed by atoms with Crippen LogP contribution in [0.15, 0.2) is 24.3 Å². The van der Waals surface area contributed by atoms with E-state index >= 15 is 0 Å². The number of carbonyl (C=O) groups is 2. The topological polar surface area (TPSA) is 95.9 Å². The molecule has 0 aliphatic rings. The molecule has 0 radical (unpaired) electrons. The maximum Gasteiger partial charge on any atom is 0.326 e. The average Bonchev–Trinajstić information content (AvgIpc) is 2.44. The number of hydrogen-bond donors (Lipinski definition) is 3. The molecule has 1 amide bonds. The molecule has 0 heterocycles. The Labute approximate surface area is 117 Å². The fourth-order valence-corrected chi connectivity index (χ4v) is 1.63. The van der Waals surface area contributed by atoms with Gasteiger partial charge in [-0.05, 0) is 24.1 Å². The van der Waals surface area contributed by atoms with Crippen LogP contribution < -0.4 is 10.1 Å². The lowest BCUT2D eigenvalue weighted by molar-refractivity contribution is -0.142. The molecule has 0 fully saturated rings. The third-order valence-electron chi connectivity index (χ3n) is 2.73. The summed E-state index contributed by atoms with van der Waals surface area (Å²) in [6, 6.07) is 6.25. The number of aliphatic carboxylic acids is 1. The quantitative estimate of drug-likeness (QED) is 0.648. The molecule has 6 nitrogen and oxygen atoms in total. The summed E-state index contributed by atoms with van der Waals surface area (Å²) in [5.74, 6) is -1.15. The van der Waals surface area contributed by atoms with Crippen molar-refractivity contribution in [3.05, 3.63) is 29.8 Å². The first-order valence-corrected chi connectivity index (χ1v) is 6.41. The van der Waals surface area contributed by atoms with Gasteiger partial charge < -0.3 is 20.3 Å². The predicted molar refractivity (Wildman–Crippen MR) is 72.6 cm³/mol. The summed E-state index contributed by atoms with van der Waals surface area (Å²) < 4.78 is 5.30. The molecule has 1 atom stereocenters. The fraction of sp³-hybridized carbons (Fsp3) is 0.429. The molecular weight excluding hydrogens is 262 g/mol. The van der Waals surface area contributed by atoms with E-state index in [-0.39, 0.29) is 19.6 Å². The molecule has 0 saturated carbocycles. The number of aryl methyl sites for hydroxylation is 1. The van der Waals surface area contributed by atoms with Crippen molar-refractivity contribution < 1.29 is 24.5 Å². The minimum atomic E-state index is -1.18. The van der Waals surface area contributed by atoms with Gasteiger partial charge in [0.05, 0.1) is 0 Å². The second kappa shape index (κ2) is 8.16. The maximum absolute atomic E-state index is 11.6. The van der Waals surface area contributed by atoms with Crippen molar-refractivity contribution in [2.45, 2.75) is 25.8 Å². The Bertz CT molecular complexity index is 461. The Morgan fingerprint density at radius 2 is 2.15 bits per heavy atom. The van der Waals surface area contributed by atoms with Gasteiger partial charge in [0.2, 0.25) is 0 Å². The third kappa shape index (κ3) is 5.27. The lowest BCUT2D eigenvalue weighted by Crippen LogP contribution is -2.43. The molecule has 0 spiro atoms. The number of nitrogens with one attached hydrogen (secondary N) is 1. The fourth-order valence-electron chi connectivity index (χ4n) is 1.63. The monoisotopic (exact) mass is 281 g/mol. The lowest BCUT2D eigenvalue weighted by Gasteiger charge is -2.13. The zero-order valence-corrected chi connectivity index (χ0v) is 11.3. The average molecular weight is 281 g/mol. The second-order valence-electron chi connectivity index (χ2n) is 4.26. The first-order chi connectivity index (χ1) is 9.56. The van der Waals surface area contributed by atoms with E-state index in [4.69, 9.17) is 14.9 Å². The zero-order valence-electron chi connectivity index (χ0n) is 11.3. The number of carboxylic acid groups (broad SMARTS) is 1. The summed E-state index contributed by atoms with van der Waals surface area (Å²) in [5.41, 5.74) is 1.09. The summed E-state index contributed by atoms with van der Waals surface area (Å²) in [7, 11) is 0. The molecule has 0 aromatic heterocycles. The molecule has 1 aromatic carbocycles. The second-order valence-corrected chi connectivity index (χ2v) is 4.26. The summed E-state index contributed by atoms with van der Waals surface area (Å²) >= 11 is 0. The Balaban J connectivity index is 2.47. The van der Waals surface area contributed by atoms with Crippen LogP contribution in [0.3, 0.4) is 0 Å². The van der Waals surface area contributed by atoms with E-state index in [1.165, 1.54) is 0 Å². The number of amides is 1. The molecule has 6 heteroatoms. The Hall–Kier alpha value is -2.08. The van der Waals surface area contributed by atoms with E-state index < -0.39 is 17.9 Å². The third-order valence-corrected chi connectivity index (χ3v) is 2.73. The normalized spacial score (nSPS) is 11.7. The van der Waals surface area contributed by atoms with Gasteiger partial charge >= 0.3 is 5.97 Å². The first-order valence-electron chi connectivity index (χ1n) is 6.41. The number of aliphatic hydroxyl groups is 1. The van der Waals surface area contributed by atoms with E-state index in [1.807, 2.05) is 25.1 Å². The van der Waals surface area contributed by atoms with Crippen molar-refractivity contribution in [1.82, 2.24) is 5.32 Å². The van der Waals surface area contributed by atoms with Gasteiger partial charge in [0, 0.05) is 13.0 Å². The van der Waals surface area contributed by atoms with Gasteiger partial charge in [-0.25, -0.2) is 4.79 Å². The van der Waals surface area contributed by atoms with Gasteiger partial charge in [0.15, 0.2) is 6.61 Å². The number of aliphatic hydroxyl groups excluding tert-OH is 1. The van der Waals surface area contributed by atoms with E-state index in [1.54, 1.807) is 6.07 Å². The Morgan fingerprint density at radius 3 is 2.75 bits per heavy atom. The van der Waals surface area contributed by atoms with E-state index in [2.05, 4.69) is 5.32 Å². The van der Waals surface area contributed by atoms with Crippen LogP contribution in [0.4, 0.5) is 0 Å². The van der Waals surface area contributed by atoms with Crippen LogP contribution in [0, 0.1) is 0 Å². The van der Waals surface area contributed by atoms with Crippen molar-refractivity contribution in [1.29, 1.82) is 0 Å². The molecule has 20 heavy (non-hydrogen) atoms. The smallest absolute Gasteiger partial charge is 0.326 e. The molecule has 0 bridgehead atoms. The van der Waals surface area contributed by atoms with Gasteiger partial charge in [-0.2, -0.15) is 0 Å². The Kier molecular flexibility index (Phi) is 6.52. The van der Waals surface area contributed by atoms with Crippen molar-refractivity contribution in [3.63, 3.8) is 0 Å². The van der Waals surface area contributed by atoms with Gasteiger partial charge in [-0.1, -0.05) is 19.1 Å². The first kappa shape index (κ1) is 16.0. The van der Waals surface area contributed by atoms with E-state index in [9.17, 15) is 9.59 Å². The molecule has 1 aromatic rings. The van der Waals surface area contributed by atoms with Gasteiger partial charge in [-0.3, -0.25) is 4.79 Å². The number of hydrogen-bond acceptors (Lipinski definition) is 4. The van der Waals surface area contributed by atoms with Gasteiger partial charge in [0.25, 0.3) is 5.91 Å². The summed E-state index contributed by atoms with van der Waals surface area (Å²) in [6.45, 7) is 1.44. The Morgan fingerprint density at radius 1 is 1.40 bits per heavy atom. The minimum Gasteiger partial charge on any atom is -0.484 e. The molecule has 1 rings (SSSR count). The zero-order chi connectivity index (χ0) is 15.0. The molecule has 0 unspecified atom stereocenters. The SMILES string of the molecule is CCc1cccc(OCC(=O)N[C@H](CCO)C(=O)O)c1. The highest BCUT2D eigenvalue weighted by molar-refractivity contribution is 5.84. The number of benzene rings is 1. The largest absolute Gasteiger partial charge is 0.484 e. The predicted octanol–water partition coefficient (Wildman–Crippen LogP) is 0.580. The van der Waals surface area contributed by atoms with Crippen molar-refractivity contribution in [2.75, 3.05) is 13.2 Å². The molecule has 0 saturated heterocycles. The van der Waals surface area contributed by atoms with E-state index in [0.29, 0.717) is 5.75 Å². The molecular formula is C14H19NO5. The van der Waals surface area contributed by atoms with E-state index in [0.717, 1.165) is 12.0 Å². The van der Waals surface area contributed by atoms with Crippen LogP contribution in [0.1, 0.15) is 18.9 Å². The van der Waals surface area contributed by atoms with Crippen molar-refractivity contribution in [3.8, 4) is 5.75 Å². The summed E-state index contributed by atoms with van der Waals surface area (Å²) in [4.78, 5) is 22.4. The van der Waals surface area contributed by atoms with Crippen LogP contribution in [0.5, 0.6) is 5.75 Å². The minimum absolute atomic E-state index is 0.0353. The maximum atomic E-state index is 11.6. The number of carboxylic acids is 1. The molecule has 0 aliphatic heterocycles. The number of rotatable bonds is 8. The van der Waals surface area contributed by atoms with Crippen molar-refractivity contribution in [2.24, 2.45) is 0 Å². The van der Waals surface area contributed by atoms with Gasteiger partial charge in [-0.15, -0.1) is 0 Å². The molecule has 3 N–H and O–H groups in total. The standard InChI is InChI=1S/C14H19NO5/c1-2-10-4-3-5-11(8-10)20-9-13(17)15-12(6-7-16)14(18)19/h3-5,8,12,16H,2,6-7,9H2,1H3,(H,15,17)(H,18,19)/t12-/m1/s1. The van der Waals surface area contributed by atoms with Crippen LogP contribution >= 0.6 is 0 Å². The van der Waals surface area contributed by atoms with Crippen LogP contribution in [0.25, 0.3) is 0 Å². The van der Waals surface area contributed by atoms with Crippen LogP contribution in [-0.4, -0.2) is 41.3 Å². The number of ether oxygens (including phenoxy) is 1. The van der Waals surface area contributed by atoms with Crippen molar-refractivity contribution >= 4 is 11.9 Å².